The molecule has 21 heavy (non-hydrogen) atoms. The van der Waals surface area contributed by atoms with Crippen LogP contribution in [0.5, 0.6) is 5.75 Å². The van der Waals surface area contributed by atoms with E-state index in [4.69, 9.17) is 4.74 Å². The quantitative estimate of drug-likeness (QED) is 0.597. The zero-order chi connectivity index (χ0) is 14.8. The molecule has 0 spiro atoms. The molecule has 0 aliphatic heterocycles. The average molecular weight is 328 g/mol. The Morgan fingerprint density at radius 1 is 1.19 bits per heavy atom. The maximum absolute atomic E-state index is 13.2. The van der Waals surface area contributed by atoms with Crippen molar-refractivity contribution in [3.05, 3.63) is 24.0 Å². The third kappa shape index (κ3) is 5.23. The van der Waals surface area contributed by atoms with Crippen LogP contribution in [0, 0.1) is 11.7 Å². The van der Waals surface area contributed by atoms with Crippen molar-refractivity contribution < 1.29 is 73.5 Å². The van der Waals surface area contributed by atoms with Crippen LogP contribution in [0.4, 0.5) is 17.3 Å². The summed E-state index contributed by atoms with van der Waals surface area (Å²) < 4.78 is 57.7. The van der Waals surface area contributed by atoms with Crippen LogP contribution in [-0.4, -0.2) is 13.1 Å². The summed E-state index contributed by atoms with van der Waals surface area (Å²) in [6.45, 7) is -3.19. The average Bonchev–Trinajstić information content (AvgIpc) is 2.38. The van der Waals surface area contributed by atoms with Crippen molar-refractivity contribution >= 4 is 12.4 Å². The Bertz CT molecular complexity index is 467. The van der Waals surface area contributed by atoms with E-state index in [9.17, 15) is 17.3 Å². The van der Waals surface area contributed by atoms with Gasteiger partial charge in [-0.25, -0.2) is 4.39 Å². The maximum atomic E-state index is 13.2. The molecule has 1 aliphatic carbocycles. The van der Waals surface area contributed by atoms with E-state index in [1.165, 1.54) is 0 Å². The second-order valence-corrected chi connectivity index (χ2v) is 5.37. The number of hydrogen-bond acceptors (Lipinski definition) is 1. The molecule has 1 aromatic carbocycles. The molecular formula is C14H18BF4KO. The van der Waals surface area contributed by atoms with Crippen LogP contribution in [-0.2, 0) is 0 Å². The van der Waals surface area contributed by atoms with Gasteiger partial charge in [-0.15, -0.1) is 0 Å². The normalized spacial score (nSPS) is 22.5. The van der Waals surface area contributed by atoms with Crippen molar-refractivity contribution in [2.45, 2.75) is 45.1 Å². The predicted molar refractivity (Wildman–Crippen MR) is 71.8 cm³/mol. The molecule has 7 heteroatoms. The molecule has 2 atom stereocenters. The summed E-state index contributed by atoms with van der Waals surface area (Å²) in [5.74, 6) is -0.809. The number of hydrogen-bond donors (Lipinski definition) is 0. The molecule has 1 aromatic rings. The van der Waals surface area contributed by atoms with E-state index < -0.39 is 18.3 Å². The SMILES string of the molecule is CCC1CCCCC1Oc1cc(F)ccc1[B-](F)(F)F.[K+]. The van der Waals surface area contributed by atoms with Crippen molar-refractivity contribution in [2.75, 3.05) is 0 Å². The molecule has 2 unspecified atom stereocenters. The minimum absolute atomic E-state index is 0. The van der Waals surface area contributed by atoms with E-state index in [0.717, 1.165) is 50.3 Å². The van der Waals surface area contributed by atoms with Gasteiger partial charge in [0.2, 0.25) is 0 Å². The number of ether oxygens (including phenoxy) is 1. The van der Waals surface area contributed by atoms with Gasteiger partial charge in [0.1, 0.15) is 11.9 Å². The summed E-state index contributed by atoms with van der Waals surface area (Å²) in [7, 11) is 0. The summed E-state index contributed by atoms with van der Waals surface area (Å²) >= 11 is 0. The van der Waals surface area contributed by atoms with Gasteiger partial charge in [0.15, 0.2) is 0 Å². The van der Waals surface area contributed by atoms with E-state index in [1.807, 2.05) is 6.92 Å². The van der Waals surface area contributed by atoms with Crippen molar-refractivity contribution in [3.63, 3.8) is 0 Å². The van der Waals surface area contributed by atoms with E-state index in [2.05, 4.69) is 0 Å². The van der Waals surface area contributed by atoms with Crippen molar-refractivity contribution in [3.8, 4) is 5.75 Å². The molecule has 0 saturated heterocycles. The Hall–Kier alpha value is 0.441. The summed E-state index contributed by atoms with van der Waals surface area (Å²) in [6.07, 6.45) is 4.35. The van der Waals surface area contributed by atoms with Gasteiger partial charge in [0, 0.05) is 6.07 Å². The topological polar surface area (TPSA) is 9.23 Å². The molecule has 2 rings (SSSR count). The van der Waals surface area contributed by atoms with E-state index >= 15 is 0 Å². The van der Waals surface area contributed by atoms with Crippen LogP contribution in [0.15, 0.2) is 18.2 Å². The summed E-state index contributed by atoms with van der Waals surface area (Å²) in [6, 6.07) is 2.45. The smallest absolute Gasteiger partial charge is 0.493 e. The molecule has 0 amide bonds. The Labute approximate surface area is 165 Å². The first kappa shape index (κ1) is 19.5. The van der Waals surface area contributed by atoms with Crippen LogP contribution < -0.4 is 61.6 Å². The third-order valence-electron chi connectivity index (χ3n) is 3.97. The molecule has 0 radical (unpaired) electrons. The summed E-state index contributed by atoms with van der Waals surface area (Å²) in [5, 5.41) is 0. The third-order valence-corrected chi connectivity index (χ3v) is 3.97. The van der Waals surface area contributed by atoms with E-state index in [0.29, 0.717) is 0 Å². The number of benzene rings is 1. The van der Waals surface area contributed by atoms with Crippen molar-refractivity contribution in [2.24, 2.45) is 5.92 Å². The molecular weight excluding hydrogens is 310 g/mol. The number of rotatable bonds is 4. The molecule has 0 N–H and O–H groups in total. The number of halogens is 4. The molecule has 0 bridgehead atoms. The molecule has 1 aliphatic rings. The van der Waals surface area contributed by atoms with Crippen LogP contribution in [0.1, 0.15) is 39.0 Å². The first-order chi connectivity index (χ1) is 9.41. The van der Waals surface area contributed by atoms with Crippen molar-refractivity contribution in [1.29, 1.82) is 0 Å². The Kier molecular flexibility index (Phi) is 7.74. The van der Waals surface area contributed by atoms with Gasteiger partial charge in [-0.1, -0.05) is 24.9 Å². The van der Waals surface area contributed by atoms with Crippen LogP contribution >= 0.6 is 0 Å². The van der Waals surface area contributed by atoms with Gasteiger partial charge >= 0.3 is 58.4 Å². The summed E-state index contributed by atoms with van der Waals surface area (Å²) in [4.78, 5) is 0. The molecule has 112 valence electrons. The predicted octanol–water partition coefficient (Wildman–Crippen LogP) is 1.23. The zero-order valence-corrected chi connectivity index (χ0v) is 15.5. The largest absolute Gasteiger partial charge is 1.00 e. The first-order valence-electron chi connectivity index (χ1n) is 7.08. The minimum atomic E-state index is -5.19. The Morgan fingerprint density at radius 3 is 2.48 bits per heavy atom. The molecule has 1 fully saturated rings. The second kappa shape index (κ2) is 8.34. The van der Waals surface area contributed by atoms with Gasteiger partial charge in [-0.05, 0) is 37.7 Å². The van der Waals surface area contributed by atoms with E-state index in [-0.39, 0.29) is 69.2 Å². The van der Waals surface area contributed by atoms with Crippen LogP contribution in [0.2, 0.25) is 0 Å². The monoisotopic (exact) mass is 328 g/mol. The van der Waals surface area contributed by atoms with Gasteiger partial charge in [-0.3, -0.25) is 0 Å². The standard InChI is InChI=1S/C14H18BF4O.K/c1-2-10-5-3-4-6-13(10)20-14-9-11(16)7-8-12(14)15(17,18)19;/h7-10,13H,2-6H2,1H3;/q-1;+1. The molecule has 0 aromatic heterocycles. The minimum Gasteiger partial charge on any atom is -0.493 e. The van der Waals surface area contributed by atoms with Gasteiger partial charge in [0.05, 0.1) is 5.75 Å². The van der Waals surface area contributed by atoms with E-state index in [1.54, 1.807) is 0 Å². The molecule has 0 heterocycles. The Balaban J connectivity index is 0.00000220. The fourth-order valence-corrected chi connectivity index (χ4v) is 2.84. The first-order valence-corrected chi connectivity index (χ1v) is 7.08. The summed E-state index contributed by atoms with van der Waals surface area (Å²) in [5.41, 5.74) is -0.841. The van der Waals surface area contributed by atoms with Gasteiger partial charge < -0.3 is 17.7 Å². The molecule has 1 nitrogen and oxygen atoms in total. The fourth-order valence-electron chi connectivity index (χ4n) is 2.84. The zero-order valence-electron chi connectivity index (χ0n) is 12.4. The van der Waals surface area contributed by atoms with Gasteiger partial charge in [0.25, 0.3) is 0 Å². The maximum Gasteiger partial charge on any atom is 1.00 e. The van der Waals surface area contributed by atoms with Crippen LogP contribution in [0.25, 0.3) is 0 Å². The Morgan fingerprint density at radius 2 is 1.86 bits per heavy atom. The fraction of sp³-hybridized carbons (Fsp3) is 0.571. The molecule has 1 saturated carbocycles. The second-order valence-electron chi connectivity index (χ2n) is 5.37. The van der Waals surface area contributed by atoms with Gasteiger partial charge in [-0.2, -0.15) is 0 Å². The van der Waals surface area contributed by atoms with Crippen molar-refractivity contribution in [1.82, 2.24) is 0 Å². The van der Waals surface area contributed by atoms with Crippen LogP contribution in [0.3, 0.4) is 0 Å².